The number of rotatable bonds is 5. The summed E-state index contributed by atoms with van der Waals surface area (Å²) in [6, 6.07) is 8.43. The second-order valence-corrected chi connectivity index (χ2v) is 6.34. The maximum atomic E-state index is 5.44. The quantitative estimate of drug-likeness (QED) is 0.668. The van der Waals surface area contributed by atoms with Crippen LogP contribution in [0.3, 0.4) is 0 Å². The lowest BCUT2D eigenvalue weighted by atomic mass is 10.3. The zero-order chi connectivity index (χ0) is 14.5. The molecule has 20 heavy (non-hydrogen) atoms. The van der Waals surface area contributed by atoms with Crippen LogP contribution in [0.2, 0.25) is 0 Å². The first-order valence-electron chi connectivity index (χ1n) is 6.99. The van der Waals surface area contributed by atoms with Crippen LogP contribution in [0.4, 0.5) is 0 Å². The van der Waals surface area contributed by atoms with Crippen molar-refractivity contribution in [1.82, 2.24) is 15.2 Å². The number of thiocarbonyl (C=S) groups is 1. The minimum absolute atomic E-state index is 0.189. The van der Waals surface area contributed by atoms with E-state index in [-0.39, 0.29) is 6.04 Å². The summed E-state index contributed by atoms with van der Waals surface area (Å²) in [5.74, 6) is 0. The summed E-state index contributed by atoms with van der Waals surface area (Å²) in [5.41, 5.74) is 1.07. The minimum Gasteiger partial charge on any atom is -0.363 e. The van der Waals surface area contributed by atoms with Crippen molar-refractivity contribution in [2.24, 2.45) is 0 Å². The summed E-state index contributed by atoms with van der Waals surface area (Å²) < 4.78 is 1.23. The predicted molar refractivity (Wildman–Crippen MR) is 91.3 cm³/mol. The molecule has 0 aliphatic carbocycles. The number of thiazole rings is 1. The van der Waals surface area contributed by atoms with Gasteiger partial charge in [0.1, 0.15) is 5.01 Å². The van der Waals surface area contributed by atoms with Crippen molar-refractivity contribution in [3.8, 4) is 0 Å². The highest BCUT2D eigenvalue weighted by atomic mass is 32.1. The molecule has 1 aromatic carbocycles. The monoisotopic (exact) mass is 307 g/mol. The van der Waals surface area contributed by atoms with Crippen LogP contribution in [0, 0.1) is 0 Å². The first-order chi connectivity index (χ1) is 9.63. The lowest BCUT2D eigenvalue weighted by Crippen LogP contribution is -2.38. The van der Waals surface area contributed by atoms with E-state index in [0.29, 0.717) is 0 Å². The van der Waals surface area contributed by atoms with Gasteiger partial charge in [-0.3, -0.25) is 0 Å². The van der Waals surface area contributed by atoms with E-state index in [2.05, 4.69) is 42.3 Å². The van der Waals surface area contributed by atoms with Crippen molar-refractivity contribution in [2.75, 3.05) is 13.6 Å². The molecule has 0 aliphatic rings. The Labute approximate surface area is 130 Å². The second kappa shape index (κ2) is 6.99. The number of unbranched alkanes of at least 4 members (excludes halogenated alkanes) is 1. The Hall–Kier alpha value is -1.20. The van der Waals surface area contributed by atoms with E-state index < -0.39 is 0 Å². The largest absolute Gasteiger partial charge is 0.363 e. The maximum Gasteiger partial charge on any atom is 0.169 e. The van der Waals surface area contributed by atoms with Crippen molar-refractivity contribution in [2.45, 2.75) is 32.7 Å². The third-order valence-electron chi connectivity index (χ3n) is 3.38. The Morgan fingerprint density at radius 3 is 2.90 bits per heavy atom. The van der Waals surface area contributed by atoms with Crippen LogP contribution in [0.15, 0.2) is 24.3 Å². The number of hydrogen-bond donors (Lipinski definition) is 1. The highest BCUT2D eigenvalue weighted by molar-refractivity contribution is 7.80. The number of nitrogens with one attached hydrogen (secondary N) is 1. The Morgan fingerprint density at radius 1 is 1.45 bits per heavy atom. The molecular weight excluding hydrogens is 286 g/mol. The van der Waals surface area contributed by atoms with Gasteiger partial charge in [-0.05, 0) is 37.7 Å². The van der Waals surface area contributed by atoms with Crippen LogP contribution < -0.4 is 5.32 Å². The zero-order valence-electron chi connectivity index (χ0n) is 12.2. The standard InChI is InChI=1S/C15H21N3S2/c1-4-5-10-16-15(19)18(3)11(2)14-17-12-8-6-7-9-13(12)20-14/h6-9,11H,4-5,10H2,1-3H3,(H,16,19)/t11-/m0/s1. The van der Waals surface area contributed by atoms with Crippen LogP contribution in [-0.2, 0) is 0 Å². The Bertz CT molecular complexity index is 546. The zero-order valence-corrected chi connectivity index (χ0v) is 13.9. The van der Waals surface area contributed by atoms with Crippen molar-refractivity contribution >= 4 is 38.9 Å². The molecule has 0 spiro atoms. The van der Waals surface area contributed by atoms with Crippen LogP contribution in [0.25, 0.3) is 10.2 Å². The van der Waals surface area contributed by atoms with Gasteiger partial charge in [0.2, 0.25) is 0 Å². The molecule has 0 amide bonds. The van der Waals surface area contributed by atoms with Crippen molar-refractivity contribution in [3.63, 3.8) is 0 Å². The van der Waals surface area contributed by atoms with Gasteiger partial charge in [-0.2, -0.15) is 0 Å². The molecule has 1 N–H and O–H groups in total. The smallest absolute Gasteiger partial charge is 0.169 e. The summed E-state index contributed by atoms with van der Waals surface area (Å²) in [6.45, 7) is 5.26. The lowest BCUT2D eigenvalue weighted by Gasteiger charge is -2.26. The van der Waals surface area contributed by atoms with Gasteiger partial charge in [0.05, 0.1) is 16.3 Å². The topological polar surface area (TPSA) is 28.2 Å². The minimum atomic E-state index is 0.189. The first kappa shape index (κ1) is 15.2. The molecule has 0 saturated heterocycles. The molecule has 0 saturated carbocycles. The molecule has 2 rings (SSSR count). The molecule has 1 heterocycles. The highest BCUT2D eigenvalue weighted by Crippen LogP contribution is 2.28. The van der Waals surface area contributed by atoms with Crippen molar-refractivity contribution < 1.29 is 0 Å². The summed E-state index contributed by atoms with van der Waals surface area (Å²) in [6.07, 6.45) is 2.32. The predicted octanol–water partition coefficient (Wildman–Crippen LogP) is 3.96. The van der Waals surface area contributed by atoms with E-state index in [9.17, 15) is 0 Å². The molecule has 1 atom stereocenters. The van der Waals surface area contributed by atoms with Crippen molar-refractivity contribution in [1.29, 1.82) is 0 Å². The van der Waals surface area contributed by atoms with Gasteiger partial charge < -0.3 is 10.2 Å². The van der Waals surface area contributed by atoms with Gasteiger partial charge in [-0.25, -0.2) is 4.98 Å². The number of benzene rings is 1. The highest BCUT2D eigenvalue weighted by Gasteiger charge is 2.18. The molecule has 5 heteroatoms. The SMILES string of the molecule is CCCCNC(=S)N(C)[C@@H](C)c1nc2ccccc2s1. The van der Waals surface area contributed by atoms with Gasteiger partial charge in [-0.1, -0.05) is 25.5 Å². The van der Waals surface area contributed by atoms with Gasteiger partial charge in [0.15, 0.2) is 5.11 Å². The summed E-state index contributed by atoms with van der Waals surface area (Å²) >= 11 is 7.18. The molecule has 0 aliphatic heterocycles. The Balaban J connectivity index is 2.05. The molecule has 0 bridgehead atoms. The van der Waals surface area contributed by atoms with Gasteiger partial charge in [0.25, 0.3) is 0 Å². The Morgan fingerprint density at radius 2 is 2.20 bits per heavy atom. The van der Waals surface area contributed by atoms with Gasteiger partial charge in [0, 0.05) is 13.6 Å². The molecular formula is C15H21N3S2. The third kappa shape index (κ3) is 3.46. The van der Waals surface area contributed by atoms with Gasteiger partial charge >= 0.3 is 0 Å². The van der Waals surface area contributed by atoms with E-state index in [1.54, 1.807) is 11.3 Å². The lowest BCUT2D eigenvalue weighted by molar-refractivity contribution is 0.394. The average molecular weight is 307 g/mol. The normalized spacial score (nSPS) is 12.3. The van der Waals surface area contributed by atoms with E-state index in [4.69, 9.17) is 17.2 Å². The molecule has 2 aromatic rings. The van der Waals surface area contributed by atoms with Crippen LogP contribution in [0.5, 0.6) is 0 Å². The van der Waals surface area contributed by atoms with Crippen molar-refractivity contribution in [3.05, 3.63) is 29.3 Å². The molecule has 0 fully saturated rings. The number of aromatic nitrogens is 1. The number of hydrogen-bond acceptors (Lipinski definition) is 3. The molecule has 0 unspecified atom stereocenters. The number of fused-ring (bicyclic) bond motifs is 1. The van der Waals surface area contributed by atoms with E-state index in [1.165, 1.54) is 11.1 Å². The molecule has 0 radical (unpaired) electrons. The summed E-state index contributed by atoms with van der Waals surface area (Å²) in [7, 11) is 2.03. The summed E-state index contributed by atoms with van der Waals surface area (Å²) in [4.78, 5) is 6.79. The number of nitrogens with zero attached hydrogens (tertiary/aromatic N) is 2. The molecule has 3 nitrogen and oxygen atoms in total. The average Bonchev–Trinajstić information content (AvgIpc) is 2.89. The second-order valence-electron chi connectivity index (χ2n) is 4.89. The van der Waals surface area contributed by atoms with Gasteiger partial charge in [-0.15, -0.1) is 11.3 Å². The molecule has 108 valence electrons. The summed E-state index contributed by atoms with van der Waals surface area (Å²) in [5, 5.41) is 5.20. The fourth-order valence-corrected chi connectivity index (χ4v) is 3.23. The molecule has 1 aromatic heterocycles. The Kier molecular flexibility index (Phi) is 5.31. The van der Waals surface area contributed by atoms with Crippen LogP contribution in [-0.4, -0.2) is 28.6 Å². The fourth-order valence-electron chi connectivity index (χ4n) is 1.91. The van der Waals surface area contributed by atoms with Crippen LogP contribution >= 0.6 is 23.6 Å². The van der Waals surface area contributed by atoms with E-state index >= 15 is 0 Å². The fraction of sp³-hybridized carbons (Fsp3) is 0.467. The van der Waals surface area contributed by atoms with Crippen LogP contribution in [0.1, 0.15) is 37.7 Å². The van der Waals surface area contributed by atoms with E-state index in [0.717, 1.165) is 28.6 Å². The first-order valence-corrected chi connectivity index (χ1v) is 8.22. The third-order valence-corrected chi connectivity index (χ3v) is 5.01. The maximum absolute atomic E-state index is 5.44. The van der Waals surface area contributed by atoms with E-state index in [1.807, 2.05) is 13.1 Å². The number of para-hydroxylation sites is 1.